The summed E-state index contributed by atoms with van der Waals surface area (Å²) in [5, 5.41) is 19.1. The number of carbonyl (C=O) groups excluding carboxylic acids is 1. The quantitative estimate of drug-likeness (QED) is 0.413. The van der Waals surface area contributed by atoms with Crippen LogP contribution in [0.5, 0.6) is 0 Å². The molecule has 0 aliphatic carbocycles. The second kappa shape index (κ2) is 8.86. The van der Waals surface area contributed by atoms with E-state index in [-0.39, 0.29) is 23.2 Å². The number of amides is 1. The standard InChI is InChI=1S/C26H28N4O5S/c1-16-5-4-6-17(11-16)25-28-23(15-35-25)24(31)27-22-12-18-14-30(19-7-9-36(33,34)10-8-19)29-21(18)13-20(22)26(2,3)32/h4-6,11-15,19,32H,7-10H2,1-3H3,(H,27,31). The smallest absolute Gasteiger partial charge is 0.277 e. The number of fused-ring (bicyclic) bond motifs is 1. The molecule has 1 amide bonds. The zero-order chi connectivity index (χ0) is 25.7. The van der Waals surface area contributed by atoms with Gasteiger partial charge in [0.15, 0.2) is 5.69 Å². The third-order valence-corrected chi connectivity index (χ3v) is 8.18. The fourth-order valence-electron chi connectivity index (χ4n) is 4.50. The van der Waals surface area contributed by atoms with E-state index in [0.29, 0.717) is 35.5 Å². The normalized spacial score (nSPS) is 16.3. The van der Waals surface area contributed by atoms with Crippen LogP contribution in [-0.2, 0) is 15.4 Å². The highest BCUT2D eigenvalue weighted by atomic mass is 32.2. The number of hydrogen-bond donors (Lipinski definition) is 2. The molecule has 1 fully saturated rings. The zero-order valence-electron chi connectivity index (χ0n) is 20.4. The van der Waals surface area contributed by atoms with Crippen LogP contribution in [0.15, 0.2) is 53.3 Å². The molecule has 2 N–H and O–H groups in total. The van der Waals surface area contributed by atoms with Gasteiger partial charge >= 0.3 is 0 Å². The molecule has 1 aliphatic rings. The Morgan fingerprint density at radius 2 is 1.94 bits per heavy atom. The van der Waals surface area contributed by atoms with E-state index in [2.05, 4.69) is 15.4 Å². The number of hydrogen-bond acceptors (Lipinski definition) is 7. The first-order valence-electron chi connectivity index (χ1n) is 11.8. The molecule has 0 spiro atoms. The van der Waals surface area contributed by atoms with Crippen LogP contribution in [0.1, 0.15) is 54.3 Å². The predicted molar refractivity (Wildman–Crippen MR) is 137 cm³/mol. The number of aliphatic hydroxyl groups is 1. The highest BCUT2D eigenvalue weighted by Crippen LogP contribution is 2.34. The maximum atomic E-state index is 13.1. The SMILES string of the molecule is Cc1cccc(-c2nc(C(=O)Nc3cc4cn(C5CCS(=O)(=O)CC5)nc4cc3C(C)(C)O)co2)c1. The summed E-state index contributed by atoms with van der Waals surface area (Å²) in [5.74, 6) is 0.170. The van der Waals surface area contributed by atoms with Crippen molar-refractivity contribution in [1.82, 2.24) is 14.8 Å². The van der Waals surface area contributed by atoms with Crippen LogP contribution >= 0.6 is 0 Å². The number of sulfone groups is 1. The van der Waals surface area contributed by atoms with Gasteiger partial charge in [-0.1, -0.05) is 17.7 Å². The Morgan fingerprint density at radius 3 is 2.64 bits per heavy atom. The number of carbonyl (C=O) groups is 1. The molecule has 0 bridgehead atoms. The van der Waals surface area contributed by atoms with Crippen molar-refractivity contribution in [3.05, 3.63) is 65.7 Å². The largest absolute Gasteiger partial charge is 0.444 e. The number of benzene rings is 2. The zero-order valence-corrected chi connectivity index (χ0v) is 21.2. The number of aromatic nitrogens is 3. The molecule has 1 saturated heterocycles. The number of anilines is 1. The highest BCUT2D eigenvalue weighted by Gasteiger charge is 2.27. The van der Waals surface area contributed by atoms with Crippen molar-refractivity contribution < 1.29 is 22.7 Å². The summed E-state index contributed by atoms with van der Waals surface area (Å²) in [4.78, 5) is 17.4. The van der Waals surface area contributed by atoms with Crippen molar-refractivity contribution >= 4 is 32.3 Å². The summed E-state index contributed by atoms with van der Waals surface area (Å²) in [6.07, 6.45) is 4.18. The minimum absolute atomic E-state index is 0.0141. The van der Waals surface area contributed by atoms with Gasteiger partial charge in [0.25, 0.3) is 5.91 Å². The fraction of sp³-hybridized carbons (Fsp3) is 0.346. The van der Waals surface area contributed by atoms with Crippen LogP contribution in [0.3, 0.4) is 0 Å². The topological polar surface area (TPSA) is 127 Å². The molecule has 9 nitrogen and oxygen atoms in total. The average Bonchev–Trinajstić information content (AvgIpc) is 3.45. The summed E-state index contributed by atoms with van der Waals surface area (Å²) in [6, 6.07) is 11.2. The third kappa shape index (κ3) is 4.91. The van der Waals surface area contributed by atoms with Crippen molar-refractivity contribution in [2.45, 2.75) is 45.3 Å². The Bertz CT molecular complexity index is 1550. The summed E-state index contributed by atoms with van der Waals surface area (Å²) in [5.41, 5.74) is 2.28. The number of aryl methyl sites for hydroxylation is 1. The second-order valence-corrected chi connectivity index (χ2v) is 12.2. The van der Waals surface area contributed by atoms with Crippen LogP contribution in [0.4, 0.5) is 5.69 Å². The van der Waals surface area contributed by atoms with E-state index in [0.717, 1.165) is 16.5 Å². The Hall–Kier alpha value is -3.50. The lowest BCUT2D eigenvalue weighted by Crippen LogP contribution is -2.25. The van der Waals surface area contributed by atoms with Crippen molar-refractivity contribution in [2.75, 3.05) is 16.8 Å². The highest BCUT2D eigenvalue weighted by molar-refractivity contribution is 7.91. The van der Waals surface area contributed by atoms with Gasteiger partial charge in [-0.3, -0.25) is 9.48 Å². The van der Waals surface area contributed by atoms with Gasteiger partial charge in [-0.25, -0.2) is 13.4 Å². The van der Waals surface area contributed by atoms with E-state index in [4.69, 9.17) is 4.42 Å². The third-order valence-electron chi connectivity index (χ3n) is 6.47. The first kappa shape index (κ1) is 24.2. The predicted octanol–water partition coefficient (Wildman–Crippen LogP) is 4.23. The number of nitrogens with one attached hydrogen (secondary N) is 1. The monoisotopic (exact) mass is 508 g/mol. The summed E-state index contributed by atoms with van der Waals surface area (Å²) in [7, 11) is -2.98. The lowest BCUT2D eigenvalue weighted by Gasteiger charge is -2.22. The molecular weight excluding hydrogens is 480 g/mol. The van der Waals surface area contributed by atoms with Gasteiger partial charge < -0.3 is 14.8 Å². The van der Waals surface area contributed by atoms with E-state index in [1.165, 1.54) is 6.26 Å². The number of nitrogens with zero attached hydrogens (tertiary/aromatic N) is 3. The Morgan fingerprint density at radius 1 is 1.19 bits per heavy atom. The minimum atomic E-state index is -2.98. The van der Waals surface area contributed by atoms with Gasteiger partial charge in [0.05, 0.1) is 28.7 Å². The van der Waals surface area contributed by atoms with Crippen molar-refractivity contribution in [2.24, 2.45) is 0 Å². The summed E-state index contributed by atoms with van der Waals surface area (Å²) < 4.78 is 30.9. The first-order valence-corrected chi connectivity index (χ1v) is 13.6. The molecule has 188 valence electrons. The van der Waals surface area contributed by atoms with Gasteiger partial charge in [0.1, 0.15) is 16.1 Å². The van der Waals surface area contributed by atoms with Crippen molar-refractivity contribution in [1.29, 1.82) is 0 Å². The molecule has 36 heavy (non-hydrogen) atoms. The van der Waals surface area contributed by atoms with Crippen molar-refractivity contribution in [3.8, 4) is 11.5 Å². The Labute approximate surface area is 209 Å². The lowest BCUT2D eigenvalue weighted by molar-refractivity contribution is 0.0793. The maximum absolute atomic E-state index is 13.1. The van der Waals surface area contributed by atoms with Gasteiger partial charge in [0.2, 0.25) is 5.89 Å². The molecule has 1 aliphatic heterocycles. The van der Waals surface area contributed by atoms with E-state index < -0.39 is 21.3 Å². The molecule has 2 aromatic carbocycles. The van der Waals surface area contributed by atoms with E-state index >= 15 is 0 Å². The molecule has 10 heteroatoms. The van der Waals surface area contributed by atoms with Gasteiger partial charge in [-0.05, 0) is 57.9 Å². The molecule has 4 aromatic rings. The summed E-state index contributed by atoms with van der Waals surface area (Å²) in [6.45, 7) is 5.24. The Balaban J connectivity index is 1.44. The molecule has 3 heterocycles. The van der Waals surface area contributed by atoms with Gasteiger partial charge in [-0.2, -0.15) is 5.10 Å². The number of oxazole rings is 1. The van der Waals surface area contributed by atoms with Crippen LogP contribution in [0.2, 0.25) is 0 Å². The van der Waals surface area contributed by atoms with Crippen LogP contribution in [0.25, 0.3) is 22.4 Å². The van der Waals surface area contributed by atoms with E-state index in [1.54, 1.807) is 30.7 Å². The number of rotatable bonds is 5. The fourth-order valence-corrected chi connectivity index (χ4v) is 5.97. The van der Waals surface area contributed by atoms with Crippen LogP contribution < -0.4 is 5.32 Å². The van der Waals surface area contributed by atoms with E-state index in [1.807, 2.05) is 37.4 Å². The summed E-state index contributed by atoms with van der Waals surface area (Å²) >= 11 is 0. The van der Waals surface area contributed by atoms with Crippen LogP contribution in [0, 0.1) is 6.92 Å². The van der Waals surface area contributed by atoms with E-state index in [9.17, 15) is 18.3 Å². The first-order chi connectivity index (χ1) is 17.0. The van der Waals surface area contributed by atoms with Crippen LogP contribution in [-0.4, -0.2) is 45.7 Å². The van der Waals surface area contributed by atoms with Gasteiger partial charge in [0, 0.05) is 28.4 Å². The molecule has 5 rings (SSSR count). The average molecular weight is 509 g/mol. The second-order valence-electron chi connectivity index (χ2n) is 9.87. The van der Waals surface area contributed by atoms with Gasteiger partial charge in [-0.15, -0.1) is 0 Å². The molecule has 0 radical (unpaired) electrons. The maximum Gasteiger partial charge on any atom is 0.277 e. The minimum Gasteiger partial charge on any atom is -0.444 e. The molecule has 0 unspecified atom stereocenters. The lowest BCUT2D eigenvalue weighted by atomic mass is 9.95. The van der Waals surface area contributed by atoms with Crippen molar-refractivity contribution in [3.63, 3.8) is 0 Å². The molecule has 0 atom stereocenters. The molecule has 0 saturated carbocycles. The molecular formula is C26H28N4O5S. The Kier molecular flexibility index (Phi) is 5.96. The molecule has 2 aromatic heterocycles.